The van der Waals surface area contributed by atoms with Crippen molar-refractivity contribution in [1.82, 2.24) is 10.2 Å². The largest absolute Gasteiger partial charge is 0.357 e. The first kappa shape index (κ1) is 26.4. The molecule has 0 spiro atoms. The smallest absolute Gasteiger partial charge is 0.258 e. The Morgan fingerprint density at radius 2 is 1.64 bits per heavy atom. The van der Waals surface area contributed by atoms with Crippen molar-refractivity contribution < 1.29 is 14.4 Å². The van der Waals surface area contributed by atoms with Crippen LogP contribution in [0, 0.1) is 0 Å². The fourth-order valence-corrected chi connectivity index (χ4v) is 5.46. The van der Waals surface area contributed by atoms with E-state index in [1.807, 2.05) is 84.9 Å². The molecular weight excluding hydrogens is 510 g/mol. The van der Waals surface area contributed by atoms with E-state index in [2.05, 4.69) is 5.32 Å². The van der Waals surface area contributed by atoms with Crippen LogP contribution in [0.25, 0.3) is 10.8 Å². The Balaban J connectivity index is 1.36. The van der Waals surface area contributed by atoms with Crippen LogP contribution >= 0.6 is 11.6 Å². The number of nitrogens with zero attached hydrogens (tertiary/aromatic N) is 2. The first-order valence-corrected chi connectivity index (χ1v) is 13.5. The van der Waals surface area contributed by atoms with Gasteiger partial charge < -0.3 is 15.1 Å². The molecule has 0 saturated carbocycles. The zero-order chi connectivity index (χ0) is 27.4. The summed E-state index contributed by atoms with van der Waals surface area (Å²) in [5.41, 5.74) is 3.29. The summed E-state index contributed by atoms with van der Waals surface area (Å²) in [5, 5.41) is 5.25. The van der Waals surface area contributed by atoms with Crippen molar-refractivity contribution in [3.63, 3.8) is 0 Å². The van der Waals surface area contributed by atoms with Crippen LogP contribution in [-0.4, -0.2) is 42.3 Å². The predicted octanol–water partition coefficient (Wildman–Crippen LogP) is 5.62. The lowest BCUT2D eigenvalue weighted by Crippen LogP contribution is -2.49. The minimum atomic E-state index is -0.715. The summed E-state index contributed by atoms with van der Waals surface area (Å²) in [4.78, 5) is 43.4. The SMILES string of the molecule is CNC(=O)C(Cc1ccccc1)N(Cc1ccccc1Cl)C(=O)CCCN1C(=O)c2cccc3cccc1c23. The number of carbonyl (C=O) groups excluding carboxylic acids is 3. The molecule has 0 bridgehead atoms. The van der Waals surface area contributed by atoms with E-state index >= 15 is 0 Å². The molecular formula is C32H30ClN3O3. The Labute approximate surface area is 233 Å². The van der Waals surface area contributed by atoms with Crippen molar-refractivity contribution in [2.75, 3.05) is 18.5 Å². The van der Waals surface area contributed by atoms with Gasteiger partial charge in [0.2, 0.25) is 11.8 Å². The number of hydrogen-bond acceptors (Lipinski definition) is 3. The molecule has 7 heteroatoms. The number of nitrogens with one attached hydrogen (secondary N) is 1. The zero-order valence-electron chi connectivity index (χ0n) is 21.8. The lowest BCUT2D eigenvalue weighted by atomic mass is 10.0. The number of rotatable bonds is 10. The number of benzene rings is 4. The lowest BCUT2D eigenvalue weighted by molar-refractivity contribution is -0.141. The summed E-state index contributed by atoms with van der Waals surface area (Å²) in [6.45, 7) is 0.610. The van der Waals surface area contributed by atoms with Crippen LogP contribution in [0.1, 0.15) is 34.3 Å². The summed E-state index contributed by atoms with van der Waals surface area (Å²) in [6, 6.07) is 27.9. The van der Waals surface area contributed by atoms with Crippen molar-refractivity contribution in [1.29, 1.82) is 0 Å². The maximum Gasteiger partial charge on any atom is 0.258 e. The molecule has 39 heavy (non-hydrogen) atoms. The Morgan fingerprint density at radius 3 is 2.38 bits per heavy atom. The lowest BCUT2D eigenvalue weighted by Gasteiger charge is -2.31. The Hall–Kier alpha value is -4.16. The molecule has 0 aliphatic carbocycles. The first-order chi connectivity index (χ1) is 19.0. The van der Waals surface area contributed by atoms with Gasteiger partial charge in [-0.05, 0) is 41.1 Å². The second kappa shape index (κ2) is 11.7. The van der Waals surface area contributed by atoms with Gasteiger partial charge in [0.1, 0.15) is 6.04 Å². The van der Waals surface area contributed by atoms with Gasteiger partial charge in [-0.1, -0.05) is 84.4 Å². The number of likely N-dealkylation sites (N-methyl/N-ethyl adjacent to an activating group) is 1. The molecule has 4 aromatic rings. The highest BCUT2D eigenvalue weighted by Crippen LogP contribution is 2.37. The summed E-state index contributed by atoms with van der Waals surface area (Å²) in [5.74, 6) is -0.451. The molecule has 0 aromatic heterocycles. The fourth-order valence-electron chi connectivity index (χ4n) is 5.26. The Kier molecular flexibility index (Phi) is 7.94. The van der Waals surface area contributed by atoms with Crippen molar-refractivity contribution in [2.45, 2.75) is 31.8 Å². The fraction of sp³-hybridized carbons (Fsp3) is 0.219. The normalized spacial score (nSPS) is 13.0. The van der Waals surface area contributed by atoms with Crippen molar-refractivity contribution in [3.8, 4) is 0 Å². The van der Waals surface area contributed by atoms with Crippen LogP contribution in [0.5, 0.6) is 0 Å². The second-order valence-corrected chi connectivity index (χ2v) is 10.1. The predicted molar refractivity (Wildman–Crippen MR) is 155 cm³/mol. The van der Waals surface area contributed by atoms with E-state index < -0.39 is 6.04 Å². The molecule has 1 unspecified atom stereocenters. The van der Waals surface area contributed by atoms with Crippen LogP contribution in [0.15, 0.2) is 91.0 Å². The summed E-state index contributed by atoms with van der Waals surface area (Å²) < 4.78 is 0. The van der Waals surface area contributed by atoms with Crippen molar-refractivity contribution in [2.24, 2.45) is 0 Å². The van der Waals surface area contributed by atoms with Crippen LogP contribution in [0.3, 0.4) is 0 Å². The molecule has 5 rings (SSSR count). The van der Waals surface area contributed by atoms with Crippen LogP contribution < -0.4 is 10.2 Å². The third kappa shape index (κ3) is 5.52. The molecule has 198 valence electrons. The second-order valence-electron chi connectivity index (χ2n) is 9.67. The van der Waals surface area contributed by atoms with Gasteiger partial charge in [0, 0.05) is 49.0 Å². The molecule has 0 saturated heterocycles. The van der Waals surface area contributed by atoms with Gasteiger partial charge in [-0.15, -0.1) is 0 Å². The average molecular weight is 540 g/mol. The molecule has 1 aliphatic heterocycles. The zero-order valence-corrected chi connectivity index (χ0v) is 22.5. The molecule has 1 N–H and O–H groups in total. The van der Waals surface area contributed by atoms with E-state index in [0.29, 0.717) is 30.0 Å². The number of halogens is 1. The number of carbonyl (C=O) groups is 3. The highest BCUT2D eigenvalue weighted by molar-refractivity contribution is 6.31. The highest BCUT2D eigenvalue weighted by atomic mass is 35.5. The van der Waals surface area contributed by atoms with E-state index in [1.54, 1.807) is 22.9 Å². The molecule has 0 radical (unpaired) electrons. The van der Waals surface area contributed by atoms with Crippen LogP contribution in [0.2, 0.25) is 5.02 Å². The summed E-state index contributed by atoms with van der Waals surface area (Å²) in [7, 11) is 1.58. The molecule has 1 atom stereocenters. The minimum Gasteiger partial charge on any atom is -0.357 e. The van der Waals surface area contributed by atoms with Gasteiger partial charge in [-0.3, -0.25) is 14.4 Å². The molecule has 3 amide bonds. The van der Waals surface area contributed by atoms with E-state index in [0.717, 1.165) is 27.6 Å². The topological polar surface area (TPSA) is 69.7 Å². The van der Waals surface area contributed by atoms with Gasteiger partial charge in [-0.2, -0.15) is 0 Å². The van der Waals surface area contributed by atoms with Gasteiger partial charge in [-0.25, -0.2) is 0 Å². The van der Waals surface area contributed by atoms with Gasteiger partial charge in [0.25, 0.3) is 5.91 Å². The standard InChI is InChI=1S/C32H30ClN3O3/c1-34-31(38)28(20-22-10-3-2-4-11-22)36(21-24-12-5-6-16-26(24)33)29(37)18-9-19-35-27-17-8-14-23-13-7-15-25(30(23)27)32(35)39/h2-8,10-17,28H,9,18-21H2,1H3,(H,34,38). The van der Waals surface area contributed by atoms with E-state index in [4.69, 9.17) is 11.6 Å². The average Bonchev–Trinajstić information content (AvgIpc) is 3.24. The summed E-state index contributed by atoms with van der Waals surface area (Å²) in [6.07, 6.45) is 1.02. The Morgan fingerprint density at radius 1 is 0.923 bits per heavy atom. The minimum absolute atomic E-state index is 0.0468. The maximum atomic E-state index is 13.8. The van der Waals surface area contributed by atoms with E-state index in [-0.39, 0.29) is 30.7 Å². The number of anilines is 1. The quantitative estimate of drug-likeness (QED) is 0.284. The van der Waals surface area contributed by atoms with Gasteiger partial charge in [0.15, 0.2) is 0 Å². The van der Waals surface area contributed by atoms with Gasteiger partial charge in [0.05, 0.1) is 5.69 Å². The maximum absolute atomic E-state index is 13.8. The van der Waals surface area contributed by atoms with Gasteiger partial charge >= 0.3 is 0 Å². The monoisotopic (exact) mass is 539 g/mol. The van der Waals surface area contributed by atoms with E-state index in [1.165, 1.54) is 0 Å². The number of amides is 3. The molecule has 6 nitrogen and oxygen atoms in total. The molecule has 0 fully saturated rings. The molecule has 1 aliphatic rings. The number of hydrogen-bond donors (Lipinski definition) is 1. The van der Waals surface area contributed by atoms with Crippen molar-refractivity contribution in [3.05, 3.63) is 113 Å². The summed E-state index contributed by atoms with van der Waals surface area (Å²) >= 11 is 6.46. The van der Waals surface area contributed by atoms with Crippen molar-refractivity contribution >= 4 is 45.8 Å². The van der Waals surface area contributed by atoms with Crippen LogP contribution in [-0.2, 0) is 22.6 Å². The molecule has 4 aromatic carbocycles. The highest BCUT2D eigenvalue weighted by Gasteiger charge is 2.32. The Bertz CT molecular complexity index is 1520. The third-order valence-corrected chi connectivity index (χ3v) is 7.61. The molecule has 1 heterocycles. The van der Waals surface area contributed by atoms with E-state index in [9.17, 15) is 14.4 Å². The first-order valence-electron chi connectivity index (χ1n) is 13.1. The van der Waals surface area contributed by atoms with Crippen LogP contribution in [0.4, 0.5) is 5.69 Å². The third-order valence-electron chi connectivity index (χ3n) is 7.24.